The number of benzene rings is 1. The number of cyclic esters (lactones) is 1. The molecule has 0 aliphatic carbocycles. The first-order chi connectivity index (χ1) is 14.5. The molecule has 2 aliphatic rings. The second-order valence-electron chi connectivity index (χ2n) is 6.56. The van der Waals surface area contributed by atoms with E-state index < -0.39 is 12.2 Å². The molecular formula is C19H18ClN3O6S. The molecule has 2 aromatic rings. The zero-order chi connectivity index (χ0) is 21.1. The fourth-order valence-electron chi connectivity index (χ4n) is 2.98. The van der Waals surface area contributed by atoms with Gasteiger partial charge in [-0.2, -0.15) is 5.06 Å². The molecule has 4 rings (SSSR count). The Kier molecular flexibility index (Phi) is 6.07. The van der Waals surface area contributed by atoms with Crippen LogP contribution in [0.1, 0.15) is 9.67 Å². The molecule has 30 heavy (non-hydrogen) atoms. The summed E-state index contributed by atoms with van der Waals surface area (Å²) in [5.74, 6) is -0.0382. The number of nitrogens with one attached hydrogen (secondary N) is 1. The Morgan fingerprint density at radius 2 is 2.03 bits per heavy atom. The lowest BCUT2D eigenvalue weighted by Gasteiger charge is -2.26. The highest BCUT2D eigenvalue weighted by atomic mass is 35.5. The minimum Gasteiger partial charge on any atom is -0.442 e. The maximum Gasteiger partial charge on any atom is 0.414 e. The maximum atomic E-state index is 12.2. The molecule has 2 fully saturated rings. The summed E-state index contributed by atoms with van der Waals surface area (Å²) in [4.78, 5) is 43.6. The fraction of sp³-hybridized carbons (Fsp3) is 0.316. The summed E-state index contributed by atoms with van der Waals surface area (Å²) in [6, 6.07) is 10.0. The van der Waals surface area contributed by atoms with E-state index in [0.29, 0.717) is 40.3 Å². The normalized spacial score (nSPS) is 19.0. The molecule has 0 spiro atoms. The molecule has 1 aromatic carbocycles. The highest BCUT2D eigenvalue weighted by molar-refractivity contribution is 7.18. The van der Waals surface area contributed by atoms with Crippen LogP contribution in [0.25, 0.3) is 0 Å². The zero-order valence-corrected chi connectivity index (χ0v) is 17.3. The predicted molar refractivity (Wildman–Crippen MR) is 109 cm³/mol. The number of amides is 3. The number of rotatable bonds is 6. The molecule has 2 aliphatic heterocycles. The molecule has 9 nitrogen and oxygen atoms in total. The van der Waals surface area contributed by atoms with Crippen molar-refractivity contribution in [2.75, 3.05) is 37.7 Å². The van der Waals surface area contributed by atoms with Gasteiger partial charge in [-0.05, 0) is 36.4 Å². The van der Waals surface area contributed by atoms with Crippen LogP contribution in [0.15, 0.2) is 36.4 Å². The van der Waals surface area contributed by atoms with Gasteiger partial charge in [0.05, 0.1) is 35.5 Å². The van der Waals surface area contributed by atoms with Gasteiger partial charge in [-0.25, -0.2) is 4.79 Å². The van der Waals surface area contributed by atoms with Gasteiger partial charge in [0, 0.05) is 5.69 Å². The SMILES string of the molecule is O=C(NCC1CN(c2ccc(ON3CCOCC3=O)cc2)C(=O)O1)c1ccc(Cl)s1. The third-order valence-corrected chi connectivity index (χ3v) is 5.70. The molecule has 0 saturated carbocycles. The standard InChI is InChI=1S/C19H18ClN3O6S/c20-16-6-5-15(30-16)18(25)21-9-14-10-22(19(26)28-14)12-1-3-13(4-2-12)29-23-7-8-27-11-17(23)24/h1-6,14H,7-11H2,(H,21,25). The monoisotopic (exact) mass is 451 g/mol. The van der Waals surface area contributed by atoms with Crippen LogP contribution in [0.5, 0.6) is 5.75 Å². The Morgan fingerprint density at radius 3 is 2.73 bits per heavy atom. The molecule has 1 aromatic heterocycles. The quantitative estimate of drug-likeness (QED) is 0.723. The number of hydrogen-bond acceptors (Lipinski definition) is 7. The van der Waals surface area contributed by atoms with Gasteiger partial charge in [-0.3, -0.25) is 14.5 Å². The van der Waals surface area contributed by atoms with Crippen molar-refractivity contribution in [1.82, 2.24) is 10.4 Å². The summed E-state index contributed by atoms with van der Waals surface area (Å²) in [6.45, 7) is 1.25. The summed E-state index contributed by atoms with van der Waals surface area (Å²) < 4.78 is 10.9. The summed E-state index contributed by atoms with van der Waals surface area (Å²) in [5.41, 5.74) is 0.625. The van der Waals surface area contributed by atoms with Crippen molar-refractivity contribution in [3.8, 4) is 5.75 Å². The minimum atomic E-state index is -0.495. The van der Waals surface area contributed by atoms with Gasteiger partial charge in [0.2, 0.25) is 0 Å². The molecule has 11 heteroatoms. The molecule has 158 valence electrons. The lowest BCUT2D eigenvalue weighted by atomic mass is 10.2. The number of carbonyl (C=O) groups excluding carboxylic acids is 3. The van der Waals surface area contributed by atoms with E-state index in [1.165, 1.54) is 21.3 Å². The Morgan fingerprint density at radius 1 is 1.23 bits per heavy atom. The first-order valence-corrected chi connectivity index (χ1v) is 10.4. The van der Waals surface area contributed by atoms with E-state index in [-0.39, 0.29) is 25.0 Å². The summed E-state index contributed by atoms with van der Waals surface area (Å²) >= 11 is 7.02. The lowest BCUT2D eigenvalue weighted by Crippen LogP contribution is -2.43. The van der Waals surface area contributed by atoms with Gasteiger partial charge >= 0.3 is 6.09 Å². The van der Waals surface area contributed by atoms with Crippen LogP contribution in [0.3, 0.4) is 0 Å². The molecule has 0 radical (unpaired) electrons. The molecule has 3 amide bonds. The first-order valence-electron chi connectivity index (χ1n) is 9.17. The highest BCUT2D eigenvalue weighted by Gasteiger charge is 2.32. The highest BCUT2D eigenvalue weighted by Crippen LogP contribution is 2.25. The molecular weight excluding hydrogens is 434 g/mol. The van der Waals surface area contributed by atoms with E-state index in [1.54, 1.807) is 36.4 Å². The number of carbonyl (C=O) groups is 3. The van der Waals surface area contributed by atoms with Crippen LogP contribution in [-0.2, 0) is 14.3 Å². The average Bonchev–Trinajstić information content (AvgIpc) is 3.34. The maximum absolute atomic E-state index is 12.2. The number of nitrogens with zero attached hydrogens (tertiary/aromatic N) is 2. The second-order valence-corrected chi connectivity index (χ2v) is 8.28. The van der Waals surface area contributed by atoms with Gasteiger partial charge < -0.3 is 19.6 Å². The van der Waals surface area contributed by atoms with Crippen LogP contribution in [0.2, 0.25) is 4.34 Å². The fourth-order valence-corrected chi connectivity index (χ4v) is 3.94. The van der Waals surface area contributed by atoms with Gasteiger partial charge in [0.25, 0.3) is 11.8 Å². The van der Waals surface area contributed by atoms with Crippen LogP contribution < -0.4 is 15.1 Å². The van der Waals surface area contributed by atoms with Crippen molar-refractivity contribution >= 4 is 46.5 Å². The largest absolute Gasteiger partial charge is 0.442 e. The molecule has 1 atom stereocenters. The summed E-state index contributed by atoms with van der Waals surface area (Å²) in [7, 11) is 0. The average molecular weight is 452 g/mol. The Hall–Kier alpha value is -2.82. The van der Waals surface area contributed by atoms with Gasteiger partial charge in [0.15, 0.2) is 5.75 Å². The van der Waals surface area contributed by atoms with Crippen molar-refractivity contribution < 1.29 is 28.7 Å². The summed E-state index contributed by atoms with van der Waals surface area (Å²) in [6.07, 6.45) is -0.968. The number of morpholine rings is 1. The number of halogens is 1. The predicted octanol–water partition coefficient (Wildman–Crippen LogP) is 2.31. The van der Waals surface area contributed by atoms with Crippen LogP contribution in [0.4, 0.5) is 10.5 Å². The van der Waals surface area contributed by atoms with Gasteiger partial charge in [0.1, 0.15) is 12.7 Å². The Balaban J connectivity index is 1.31. The number of thiophene rings is 1. The van der Waals surface area contributed by atoms with E-state index in [2.05, 4.69) is 5.32 Å². The smallest absolute Gasteiger partial charge is 0.414 e. The van der Waals surface area contributed by atoms with Crippen LogP contribution in [0, 0.1) is 0 Å². The summed E-state index contributed by atoms with van der Waals surface area (Å²) in [5, 5.41) is 4.00. The minimum absolute atomic E-state index is 0.00481. The van der Waals surface area contributed by atoms with Crippen LogP contribution >= 0.6 is 22.9 Å². The molecule has 2 saturated heterocycles. The van der Waals surface area contributed by atoms with Crippen molar-refractivity contribution in [1.29, 1.82) is 0 Å². The second kappa shape index (κ2) is 8.90. The van der Waals surface area contributed by atoms with E-state index in [9.17, 15) is 14.4 Å². The molecule has 0 bridgehead atoms. The van der Waals surface area contributed by atoms with Gasteiger partial charge in [-0.1, -0.05) is 11.6 Å². The third kappa shape index (κ3) is 4.66. The van der Waals surface area contributed by atoms with E-state index in [1.807, 2.05) is 0 Å². The lowest BCUT2D eigenvalue weighted by molar-refractivity contribution is -0.174. The topological polar surface area (TPSA) is 97.4 Å². The first kappa shape index (κ1) is 20.5. The zero-order valence-electron chi connectivity index (χ0n) is 15.7. The van der Waals surface area contributed by atoms with Crippen molar-refractivity contribution in [3.05, 3.63) is 45.6 Å². The number of ether oxygens (including phenoxy) is 2. The van der Waals surface area contributed by atoms with Crippen LogP contribution in [-0.4, -0.2) is 61.9 Å². The number of anilines is 1. The number of hydrogen-bond donors (Lipinski definition) is 1. The molecule has 1 N–H and O–H groups in total. The van der Waals surface area contributed by atoms with Gasteiger partial charge in [-0.15, -0.1) is 11.3 Å². The number of hydroxylamine groups is 2. The third-order valence-electron chi connectivity index (χ3n) is 4.47. The van der Waals surface area contributed by atoms with Crippen molar-refractivity contribution in [3.63, 3.8) is 0 Å². The van der Waals surface area contributed by atoms with E-state index in [0.717, 1.165) is 0 Å². The van der Waals surface area contributed by atoms with E-state index in [4.69, 9.17) is 25.9 Å². The Bertz CT molecular complexity index is 950. The Labute approximate surface area is 181 Å². The molecule has 3 heterocycles. The van der Waals surface area contributed by atoms with Crippen molar-refractivity contribution in [2.24, 2.45) is 0 Å². The van der Waals surface area contributed by atoms with Crippen molar-refractivity contribution in [2.45, 2.75) is 6.10 Å². The van der Waals surface area contributed by atoms with E-state index >= 15 is 0 Å². The molecule has 1 unspecified atom stereocenters.